The van der Waals surface area contributed by atoms with E-state index in [0.717, 1.165) is 11.1 Å². The molecule has 0 unspecified atom stereocenters. The molecule has 0 aliphatic rings. The van der Waals surface area contributed by atoms with E-state index >= 15 is 0 Å². The van der Waals surface area contributed by atoms with Crippen LogP contribution < -0.4 is 0 Å². The number of benzene rings is 1. The van der Waals surface area contributed by atoms with Crippen LogP contribution in [0.1, 0.15) is 34.0 Å². The molecule has 0 saturated carbocycles. The maximum absolute atomic E-state index is 11.0. The van der Waals surface area contributed by atoms with Gasteiger partial charge in [0.2, 0.25) is 0 Å². The molecule has 0 radical (unpaired) electrons. The summed E-state index contributed by atoms with van der Waals surface area (Å²) < 4.78 is 0. The molecule has 0 atom stereocenters. The van der Waals surface area contributed by atoms with E-state index in [-0.39, 0.29) is 11.1 Å². The summed E-state index contributed by atoms with van der Waals surface area (Å²) in [6.07, 6.45) is 0.628. The highest BCUT2D eigenvalue weighted by Gasteiger charge is 2.15. The van der Waals surface area contributed by atoms with Crippen molar-refractivity contribution in [1.82, 2.24) is 0 Å². The van der Waals surface area contributed by atoms with Crippen LogP contribution in [-0.2, 0) is 6.42 Å². The summed E-state index contributed by atoms with van der Waals surface area (Å²) in [6.45, 7) is 3.74. The van der Waals surface area contributed by atoms with Gasteiger partial charge in [0, 0.05) is 0 Å². The SMILES string of the molecule is CCc1c(C)ccc(C#N)c1C(=O)O. The van der Waals surface area contributed by atoms with Gasteiger partial charge in [-0.2, -0.15) is 5.26 Å². The van der Waals surface area contributed by atoms with Gasteiger partial charge < -0.3 is 5.11 Å². The van der Waals surface area contributed by atoms with E-state index in [9.17, 15) is 4.79 Å². The quantitative estimate of drug-likeness (QED) is 0.775. The molecule has 14 heavy (non-hydrogen) atoms. The van der Waals surface area contributed by atoms with Gasteiger partial charge in [0.1, 0.15) is 6.07 Å². The molecule has 0 aromatic heterocycles. The number of nitriles is 1. The normalized spacial score (nSPS) is 9.50. The third-order valence-corrected chi connectivity index (χ3v) is 2.23. The number of carboxylic acid groups (broad SMARTS) is 1. The molecule has 1 aromatic carbocycles. The first kappa shape index (κ1) is 10.3. The van der Waals surface area contributed by atoms with E-state index in [4.69, 9.17) is 10.4 Å². The third kappa shape index (κ3) is 1.60. The average molecular weight is 189 g/mol. The molecule has 1 N–H and O–H groups in total. The van der Waals surface area contributed by atoms with Gasteiger partial charge in [0.05, 0.1) is 11.1 Å². The van der Waals surface area contributed by atoms with E-state index in [1.54, 1.807) is 12.1 Å². The molecule has 0 bridgehead atoms. The van der Waals surface area contributed by atoms with Crippen molar-refractivity contribution in [3.63, 3.8) is 0 Å². The summed E-state index contributed by atoms with van der Waals surface area (Å²) in [7, 11) is 0. The lowest BCUT2D eigenvalue weighted by Crippen LogP contribution is -2.06. The molecule has 0 aliphatic carbocycles. The fourth-order valence-corrected chi connectivity index (χ4v) is 1.55. The molecule has 0 fully saturated rings. The Hall–Kier alpha value is -1.82. The number of hydrogen-bond donors (Lipinski definition) is 1. The van der Waals surface area contributed by atoms with E-state index < -0.39 is 5.97 Å². The highest BCUT2D eigenvalue weighted by atomic mass is 16.4. The third-order valence-electron chi connectivity index (χ3n) is 2.23. The predicted molar refractivity (Wildman–Crippen MR) is 52.2 cm³/mol. The van der Waals surface area contributed by atoms with E-state index in [0.29, 0.717) is 6.42 Å². The van der Waals surface area contributed by atoms with E-state index in [1.165, 1.54) is 0 Å². The second-order valence-electron chi connectivity index (χ2n) is 3.05. The first-order valence-electron chi connectivity index (χ1n) is 4.37. The number of nitrogens with zero attached hydrogens (tertiary/aromatic N) is 1. The molecule has 3 heteroatoms. The van der Waals surface area contributed by atoms with Gasteiger partial charge in [-0.3, -0.25) is 0 Å². The van der Waals surface area contributed by atoms with Crippen LogP contribution in [0, 0.1) is 18.3 Å². The van der Waals surface area contributed by atoms with Gasteiger partial charge >= 0.3 is 5.97 Å². The molecule has 1 aromatic rings. The Bertz CT molecular complexity index is 416. The number of hydrogen-bond acceptors (Lipinski definition) is 2. The van der Waals surface area contributed by atoms with Gasteiger partial charge in [-0.15, -0.1) is 0 Å². The fourth-order valence-electron chi connectivity index (χ4n) is 1.55. The largest absolute Gasteiger partial charge is 0.478 e. The lowest BCUT2D eigenvalue weighted by Gasteiger charge is -2.08. The Morgan fingerprint density at radius 2 is 2.21 bits per heavy atom. The van der Waals surface area contributed by atoms with Crippen molar-refractivity contribution in [1.29, 1.82) is 5.26 Å². The van der Waals surface area contributed by atoms with Crippen molar-refractivity contribution in [2.24, 2.45) is 0 Å². The first-order chi connectivity index (χ1) is 6.61. The molecule has 3 nitrogen and oxygen atoms in total. The number of aryl methyl sites for hydroxylation is 1. The van der Waals surface area contributed by atoms with Crippen molar-refractivity contribution < 1.29 is 9.90 Å². The molecule has 72 valence electrons. The summed E-state index contributed by atoms with van der Waals surface area (Å²) >= 11 is 0. The number of carboxylic acids is 1. The smallest absolute Gasteiger partial charge is 0.337 e. The van der Waals surface area contributed by atoms with Gasteiger partial charge in [-0.25, -0.2) is 4.79 Å². The summed E-state index contributed by atoms with van der Waals surface area (Å²) in [5.74, 6) is -1.03. The molecule has 0 spiro atoms. The maximum atomic E-state index is 11.0. The molecular formula is C11H11NO2. The van der Waals surface area contributed by atoms with Crippen LogP contribution in [0.25, 0.3) is 0 Å². The molecule has 0 heterocycles. The number of aromatic carboxylic acids is 1. The van der Waals surface area contributed by atoms with Crippen LogP contribution in [0.2, 0.25) is 0 Å². The van der Waals surface area contributed by atoms with Crippen molar-refractivity contribution >= 4 is 5.97 Å². The molecule has 1 rings (SSSR count). The Balaban J connectivity index is 3.54. The van der Waals surface area contributed by atoms with Crippen LogP contribution in [-0.4, -0.2) is 11.1 Å². The molecule has 0 aliphatic heterocycles. The van der Waals surface area contributed by atoms with Gasteiger partial charge in [0.25, 0.3) is 0 Å². The first-order valence-corrected chi connectivity index (χ1v) is 4.37. The van der Waals surface area contributed by atoms with Crippen molar-refractivity contribution in [2.75, 3.05) is 0 Å². The zero-order chi connectivity index (χ0) is 10.7. The fraction of sp³-hybridized carbons (Fsp3) is 0.273. The van der Waals surface area contributed by atoms with Crippen molar-refractivity contribution in [3.8, 4) is 6.07 Å². The Morgan fingerprint density at radius 1 is 1.57 bits per heavy atom. The van der Waals surface area contributed by atoms with Crippen LogP contribution in [0.5, 0.6) is 0 Å². The van der Waals surface area contributed by atoms with Crippen LogP contribution >= 0.6 is 0 Å². The average Bonchev–Trinajstić information content (AvgIpc) is 2.17. The second-order valence-corrected chi connectivity index (χ2v) is 3.05. The minimum atomic E-state index is -1.03. The Morgan fingerprint density at radius 3 is 2.64 bits per heavy atom. The van der Waals surface area contributed by atoms with E-state index in [1.807, 2.05) is 19.9 Å². The lowest BCUT2D eigenvalue weighted by molar-refractivity contribution is 0.0695. The topological polar surface area (TPSA) is 61.1 Å². The Labute approximate surface area is 82.6 Å². The van der Waals surface area contributed by atoms with Crippen LogP contribution in [0.15, 0.2) is 12.1 Å². The standard InChI is InChI=1S/C11H11NO2/c1-3-9-7(2)4-5-8(6-12)10(9)11(13)14/h4-5H,3H2,1-2H3,(H,13,14). The monoisotopic (exact) mass is 189 g/mol. The van der Waals surface area contributed by atoms with Crippen LogP contribution in [0.3, 0.4) is 0 Å². The molecule has 0 saturated heterocycles. The maximum Gasteiger partial charge on any atom is 0.337 e. The Kier molecular flexibility index (Phi) is 2.88. The minimum absolute atomic E-state index is 0.148. The van der Waals surface area contributed by atoms with Gasteiger partial charge in [0.15, 0.2) is 0 Å². The van der Waals surface area contributed by atoms with Gasteiger partial charge in [-0.1, -0.05) is 13.0 Å². The van der Waals surface area contributed by atoms with Crippen molar-refractivity contribution in [2.45, 2.75) is 20.3 Å². The predicted octanol–water partition coefficient (Wildman–Crippen LogP) is 2.13. The lowest BCUT2D eigenvalue weighted by atomic mass is 9.95. The van der Waals surface area contributed by atoms with E-state index in [2.05, 4.69) is 0 Å². The number of carbonyl (C=O) groups is 1. The van der Waals surface area contributed by atoms with Crippen molar-refractivity contribution in [3.05, 3.63) is 34.4 Å². The molecular weight excluding hydrogens is 178 g/mol. The minimum Gasteiger partial charge on any atom is -0.478 e. The highest BCUT2D eigenvalue weighted by molar-refractivity contribution is 5.92. The number of rotatable bonds is 2. The zero-order valence-electron chi connectivity index (χ0n) is 8.16. The molecule has 0 amide bonds. The summed E-state index contributed by atoms with van der Waals surface area (Å²) in [5, 5.41) is 17.7. The summed E-state index contributed by atoms with van der Waals surface area (Å²) in [6, 6.07) is 5.23. The summed E-state index contributed by atoms with van der Waals surface area (Å²) in [4.78, 5) is 11.0. The zero-order valence-corrected chi connectivity index (χ0v) is 8.16. The summed E-state index contributed by atoms with van der Waals surface area (Å²) in [5.41, 5.74) is 2.05. The van der Waals surface area contributed by atoms with Crippen LogP contribution in [0.4, 0.5) is 0 Å². The van der Waals surface area contributed by atoms with Gasteiger partial charge in [-0.05, 0) is 30.5 Å². The second kappa shape index (κ2) is 3.93. The highest BCUT2D eigenvalue weighted by Crippen LogP contribution is 2.19.